The molecule has 3 rings (SSSR count). The molecule has 6 nitrogen and oxygen atoms in total. The van der Waals surface area contributed by atoms with Gasteiger partial charge < -0.3 is 9.88 Å². The van der Waals surface area contributed by atoms with E-state index in [1.165, 1.54) is 0 Å². The van der Waals surface area contributed by atoms with Crippen molar-refractivity contribution in [2.45, 2.75) is 13.8 Å². The number of aromatic nitrogens is 3. The minimum atomic E-state index is -0.307. The van der Waals surface area contributed by atoms with E-state index in [0.717, 1.165) is 38.3 Å². The molecule has 0 aromatic carbocycles. The number of nitrogens with zero attached hydrogens (tertiary/aromatic N) is 4. The molecule has 3 heterocycles. The number of nitrogens with one attached hydrogen (secondary N) is 1. The highest BCUT2D eigenvalue weighted by atomic mass is 35.5. The molecule has 0 spiro atoms. The lowest BCUT2D eigenvalue weighted by Gasteiger charge is -2.36. The molecule has 1 fully saturated rings. The van der Waals surface area contributed by atoms with Crippen LogP contribution in [0.15, 0.2) is 29.3 Å². The van der Waals surface area contributed by atoms with Crippen LogP contribution >= 0.6 is 11.6 Å². The van der Waals surface area contributed by atoms with Crippen molar-refractivity contribution in [3.8, 4) is 11.4 Å². The summed E-state index contributed by atoms with van der Waals surface area (Å²) in [5, 5.41) is 0.158. The zero-order chi connectivity index (χ0) is 17.1. The monoisotopic (exact) mass is 347 g/mol. The molecule has 7 heteroatoms. The van der Waals surface area contributed by atoms with E-state index < -0.39 is 0 Å². The van der Waals surface area contributed by atoms with E-state index in [-0.39, 0.29) is 10.6 Å². The van der Waals surface area contributed by atoms with Gasteiger partial charge in [-0.05, 0) is 18.1 Å². The molecule has 0 saturated carbocycles. The van der Waals surface area contributed by atoms with Gasteiger partial charge in [-0.2, -0.15) is 0 Å². The maximum Gasteiger partial charge on any atom is 0.272 e. The Hall–Kier alpha value is -1.92. The van der Waals surface area contributed by atoms with Gasteiger partial charge in [0.15, 0.2) is 5.82 Å². The minimum Gasteiger partial charge on any atom is -0.353 e. The van der Waals surface area contributed by atoms with Crippen LogP contribution in [0.3, 0.4) is 0 Å². The van der Waals surface area contributed by atoms with E-state index in [0.29, 0.717) is 17.6 Å². The summed E-state index contributed by atoms with van der Waals surface area (Å²) in [6.45, 7) is 9.08. The Morgan fingerprint density at radius 2 is 1.88 bits per heavy atom. The summed E-state index contributed by atoms with van der Waals surface area (Å²) in [5.41, 5.74) is 0.511. The van der Waals surface area contributed by atoms with E-state index in [1.807, 2.05) is 12.1 Å². The maximum atomic E-state index is 12.2. The van der Waals surface area contributed by atoms with E-state index in [1.54, 1.807) is 12.4 Å². The Balaban J connectivity index is 1.84. The number of piperazine rings is 1. The van der Waals surface area contributed by atoms with Crippen molar-refractivity contribution >= 4 is 17.4 Å². The van der Waals surface area contributed by atoms with Gasteiger partial charge in [-0.25, -0.2) is 4.98 Å². The van der Waals surface area contributed by atoms with Gasteiger partial charge in [-0.15, -0.1) is 0 Å². The second kappa shape index (κ2) is 7.32. The molecular weight excluding hydrogens is 326 g/mol. The van der Waals surface area contributed by atoms with Crippen molar-refractivity contribution in [1.82, 2.24) is 19.9 Å². The van der Waals surface area contributed by atoms with Gasteiger partial charge in [0, 0.05) is 50.7 Å². The highest BCUT2D eigenvalue weighted by Gasteiger charge is 2.22. The first kappa shape index (κ1) is 16.9. The standard InChI is InChI=1S/C17H22ClN5O/c1-12(2)11-22-7-9-23(10-8-22)16-14(18)17(24)21-15(20-16)13-3-5-19-6-4-13/h3-6,12H,7-11H2,1-2H3,(H,20,21,24). The van der Waals surface area contributed by atoms with Crippen molar-refractivity contribution in [3.05, 3.63) is 39.9 Å². The third-order valence-corrected chi connectivity index (χ3v) is 4.43. The fraction of sp³-hybridized carbons (Fsp3) is 0.471. The van der Waals surface area contributed by atoms with Gasteiger partial charge in [0.2, 0.25) is 0 Å². The molecule has 24 heavy (non-hydrogen) atoms. The van der Waals surface area contributed by atoms with E-state index >= 15 is 0 Å². The maximum absolute atomic E-state index is 12.2. The summed E-state index contributed by atoms with van der Waals surface area (Å²) in [6, 6.07) is 3.63. The fourth-order valence-electron chi connectivity index (χ4n) is 2.96. The van der Waals surface area contributed by atoms with Gasteiger partial charge in [-0.1, -0.05) is 25.4 Å². The Bertz CT molecular complexity index is 738. The number of rotatable bonds is 4. The summed E-state index contributed by atoms with van der Waals surface area (Å²) in [7, 11) is 0. The molecular formula is C17H22ClN5O. The summed E-state index contributed by atoms with van der Waals surface area (Å²) in [6.07, 6.45) is 3.35. The predicted octanol–water partition coefficient (Wildman–Crippen LogP) is 2.26. The predicted molar refractivity (Wildman–Crippen MR) is 96.6 cm³/mol. The number of anilines is 1. The number of halogens is 1. The Labute approximate surface area is 146 Å². The molecule has 0 atom stereocenters. The van der Waals surface area contributed by atoms with Crippen molar-refractivity contribution in [2.24, 2.45) is 5.92 Å². The second-order valence-corrected chi connectivity index (χ2v) is 6.85. The third-order valence-electron chi connectivity index (χ3n) is 4.09. The van der Waals surface area contributed by atoms with E-state index in [4.69, 9.17) is 11.6 Å². The molecule has 2 aromatic heterocycles. The smallest absolute Gasteiger partial charge is 0.272 e. The van der Waals surface area contributed by atoms with Crippen molar-refractivity contribution in [1.29, 1.82) is 0 Å². The molecule has 128 valence electrons. The summed E-state index contributed by atoms with van der Waals surface area (Å²) in [4.78, 5) is 28.1. The number of H-pyrrole nitrogens is 1. The van der Waals surface area contributed by atoms with Crippen LogP contribution in [0.2, 0.25) is 5.02 Å². The quantitative estimate of drug-likeness (QED) is 0.919. The molecule has 0 aliphatic carbocycles. The molecule has 0 radical (unpaired) electrons. The van der Waals surface area contributed by atoms with Crippen LogP contribution in [0.5, 0.6) is 0 Å². The summed E-state index contributed by atoms with van der Waals surface area (Å²) in [5.74, 6) is 1.74. The molecule has 2 aromatic rings. The molecule has 1 saturated heterocycles. The van der Waals surface area contributed by atoms with E-state index in [2.05, 4.69) is 38.6 Å². The topological polar surface area (TPSA) is 65.1 Å². The lowest BCUT2D eigenvalue weighted by Crippen LogP contribution is -2.48. The average molecular weight is 348 g/mol. The largest absolute Gasteiger partial charge is 0.353 e. The van der Waals surface area contributed by atoms with Crippen LogP contribution in [0.1, 0.15) is 13.8 Å². The van der Waals surface area contributed by atoms with Gasteiger partial charge in [0.05, 0.1) is 0 Å². The Morgan fingerprint density at radius 3 is 2.50 bits per heavy atom. The highest BCUT2D eigenvalue weighted by molar-refractivity contribution is 6.32. The fourth-order valence-corrected chi connectivity index (χ4v) is 3.17. The van der Waals surface area contributed by atoms with Gasteiger partial charge in [0.25, 0.3) is 5.56 Å². The van der Waals surface area contributed by atoms with Crippen molar-refractivity contribution in [2.75, 3.05) is 37.6 Å². The minimum absolute atomic E-state index is 0.158. The van der Waals surface area contributed by atoms with Crippen LogP contribution in [-0.2, 0) is 0 Å². The lowest BCUT2D eigenvalue weighted by molar-refractivity contribution is 0.231. The van der Waals surface area contributed by atoms with Gasteiger partial charge >= 0.3 is 0 Å². The summed E-state index contributed by atoms with van der Waals surface area (Å²) >= 11 is 6.23. The third kappa shape index (κ3) is 3.76. The number of hydrogen-bond donors (Lipinski definition) is 1. The van der Waals surface area contributed by atoms with Crippen LogP contribution < -0.4 is 10.5 Å². The number of hydrogen-bond acceptors (Lipinski definition) is 5. The lowest BCUT2D eigenvalue weighted by atomic mass is 10.2. The second-order valence-electron chi connectivity index (χ2n) is 6.47. The zero-order valence-corrected chi connectivity index (χ0v) is 14.8. The summed E-state index contributed by atoms with van der Waals surface area (Å²) < 4.78 is 0. The first-order chi connectivity index (χ1) is 11.5. The van der Waals surface area contributed by atoms with Crippen LogP contribution in [0.4, 0.5) is 5.82 Å². The molecule has 1 N–H and O–H groups in total. The number of pyridine rings is 1. The normalized spacial score (nSPS) is 15.9. The highest BCUT2D eigenvalue weighted by Crippen LogP contribution is 2.24. The molecule has 0 unspecified atom stereocenters. The van der Waals surface area contributed by atoms with Gasteiger partial charge in [0.1, 0.15) is 10.8 Å². The average Bonchev–Trinajstić information content (AvgIpc) is 2.58. The SMILES string of the molecule is CC(C)CN1CCN(c2nc(-c3ccncc3)[nH]c(=O)c2Cl)CC1. The molecule has 0 amide bonds. The van der Waals surface area contributed by atoms with Crippen LogP contribution in [0, 0.1) is 5.92 Å². The Kier molecular flexibility index (Phi) is 5.16. The Morgan fingerprint density at radius 1 is 1.21 bits per heavy atom. The van der Waals surface area contributed by atoms with Crippen molar-refractivity contribution < 1.29 is 0 Å². The van der Waals surface area contributed by atoms with Gasteiger partial charge in [-0.3, -0.25) is 14.7 Å². The van der Waals surface area contributed by atoms with E-state index in [9.17, 15) is 4.79 Å². The van der Waals surface area contributed by atoms with Crippen LogP contribution in [0.25, 0.3) is 11.4 Å². The first-order valence-corrected chi connectivity index (χ1v) is 8.60. The first-order valence-electron chi connectivity index (χ1n) is 8.22. The molecule has 1 aliphatic rings. The molecule has 0 bridgehead atoms. The molecule has 1 aliphatic heterocycles. The zero-order valence-electron chi connectivity index (χ0n) is 14.0. The van der Waals surface area contributed by atoms with Crippen molar-refractivity contribution in [3.63, 3.8) is 0 Å². The van der Waals surface area contributed by atoms with Crippen LogP contribution in [-0.4, -0.2) is 52.6 Å². The number of aromatic amines is 1.